The van der Waals surface area contributed by atoms with E-state index >= 15 is 0 Å². The lowest BCUT2D eigenvalue weighted by atomic mass is 9.74. The molecule has 8 bridgehead atoms. The van der Waals surface area contributed by atoms with E-state index in [0.29, 0.717) is 26.2 Å². The fraction of sp³-hybridized carbons (Fsp3) is 0.400. The van der Waals surface area contributed by atoms with Crippen LogP contribution >= 0.6 is 0 Å². The van der Waals surface area contributed by atoms with Crippen LogP contribution in [0.5, 0.6) is 46.0 Å². The van der Waals surface area contributed by atoms with E-state index in [1.54, 1.807) is 0 Å². The predicted molar refractivity (Wildman–Crippen MR) is 283 cm³/mol. The van der Waals surface area contributed by atoms with Gasteiger partial charge in [0.1, 0.15) is 46.0 Å². The van der Waals surface area contributed by atoms with Crippen molar-refractivity contribution in [2.45, 2.75) is 129 Å². The Morgan fingerprint density at radius 1 is 0.329 bits per heavy atom. The molecule has 0 spiro atoms. The first kappa shape index (κ1) is 47.8. The van der Waals surface area contributed by atoms with E-state index in [9.17, 15) is 0 Å². The fourth-order valence-corrected chi connectivity index (χ4v) is 12.9. The Morgan fingerprint density at radius 3 is 0.684 bits per heavy atom. The molecule has 4 aromatic carbocycles. The molecule has 4 aromatic heterocycles. The van der Waals surface area contributed by atoms with E-state index in [2.05, 4.69) is 52.0 Å². The smallest absolute Gasteiger partial charge is 0.230 e. The van der Waals surface area contributed by atoms with Gasteiger partial charge in [-0.3, -0.25) is 18.7 Å². The third kappa shape index (κ3) is 8.27. The van der Waals surface area contributed by atoms with E-state index in [1.165, 1.54) is 0 Å². The van der Waals surface area contributed by atoms with Gasteiger partial charge in [-0.15, -0.1) is 0 Å². The van der Waals surface area contributed by atoms with Crippen LogP contribution in [-0.4, -0.2) is 66.3 Å². The first-order chi connectivity index (χ1) is 37.5. The molecule has 76 heavy (non-hydrogen) atoms. The molecule has 16 nitrogen and oxygen atoms in total. The lowest BCUT2D eigenvalue weighted by Gasteiger charge is -2.37. The largest absolute Gasteiger partial charge is 0.457 e. The molecule has 0 radical (unpaired) electrons. The zero-order valence-electron chi connectivity index (χ0n) is 43.7. The highest BCUT2D eigenvalue weighted by atomic mass is 16.7. The maximum Gasteiger partial charge on any atom is 0.230 e. The van der Waals surface area contributed by atoms with E-state index in [0.717, 1.165) is 164 Å². The minimum Gasteiger partial charge on any atom is -0.457 e. The minimum atomic E-state index is -0.179. The molecule has 0 fully saturated rings. The summed E-state index contributed by atoms with van der Waals surface area (Å²) in [7, 11) is 0. The van der Waals surface area contributed by atoms with Crippen molar-refractivity contribution < 1.29 is 37.9 Å². The Kier molecular flexibility index (Phi) is 12.8. The molecule has 0 saturated carbocycles. The number of hydrogen-bond donors (Lipinski definition) is 0. The Hall–Kier alpha value is -7.88. The van der Waals surface area contributed by atoms with E-state index in [-0.39, 0.29) is 50.8 Å². The maximum atomic E-state index is 7.06. The quantitative estimate of drug-likeness (QED) is 0.0908. The molecule has 4 aliphatic heterocycles. The van der Waals surface area contributed by atoms with E-state index in [1.807, 2.05) is 92.6 Å². The summed E-state index contributed by atoms with van der Waals surface area (Å²) in [5.74, 6) is 5.21. The maximum absolute atomic E-state index is 7.06. The number of nitrogens with zero attached hydrogens (tertiary/aromatic N) is 8. The highest BCUT2D eigenvalue weighted by Crippen LogP contribution is 2.58. The highest BCUT2D eigenvalue weighted by molar-refractivity contribution is 5.70. The SMILES string of the molecule is CCCC1c2cc3c4c(Cn5cccn5)c2OCOc2c1cc1c(c2Cn2cccn2)OCOc2c(cc5c(c2Cn2cccn2)OCOc2c(cc(c(c2Cn2cccn2)OCO4)C3CCC)C5CCC)C1CCC. The average molecular weight is 1030 g/mol. The van der Waals surface area contributed by atoms with Gasteiger partial charge < -0.3 is 37.9 Å². The van der Waals surface area contributed by atoms with Gasteiger partial charge in [0.15, 0.2) is 0 Å². The summed E-state index contributed by atoms with van der Waals surface area (Å²) < 4.78 is 64.3. The number of aromatic nitrogens is 8. The highest BCUT2D eigenvalue weighted by Gasteiger charge is 2.41. The summed E-state index contributed by atoms with van der Waals surface area (Å²) in [6.07, 6.45) is 22.0. The summed E-state index contributed by atoms with van der Waals surface area (Å²) in [6, 6.07) is 17.4. The molecule has 0 unspecified atom stereocenters. The Bertz CT molecular complexity index is 2800. The summed E-state index contributed by atoms with van der Waals surface area (Å²) in [5, 5.41) is 19.0. The molecular formula is C60H64N8O8. The standard InChI is InChI=1S/C60H64N8O8/c1-5-13-37-41-25-43-38(14-6-2)45-27-47-40(16-8-4)48-28-46-39(15-7-3)44-26-42(37)54-50(30-66-22-10-18-62-66)56(44)72-35-74-58(46)52(32-68-24-12-20-64-68)60(48)76-36-75-59(47)51(31-67-23-11-19-63-67)57(45)73-34-71-55(43)49(53(41)69-33-70-54)29-65-21-9-17-61-65/h9-12,17-28,37-40H,5-8,13-16,29-36H2,1-4H3. The Balaban J connectivity index is 1.20. The van der Waals surface area contributed by atoms with Gasteiger partial charge in [0.2, 0.25) is 27.2 Å². The van der Waals surface area contributed by atoms with Crippen molar-refractivity contribution in [2.75, 3.05) is 27.2 Å². The van der Waals surface area contributed by atoms with Crippen LogP contribution < -0.4 is 37.9 Å². The summed E-state index contributed by atoms with van der Waals surface area (Å²) in [6.45, 7) is 10.4. The van der Waals surface area contributed by atoms with Gasteiger partial charge in [-0.2, -0.15) is 20.4 Å². The Morgan fingerprint density at radius 2 is 0.526 bits per heavy atom. The van der Waals surface area contributed by atoms with Gasteiger partial charge in [-0.05, 0) is 74.2 Å². The second kappa shape index (κ2) is 20.3. The lowest BCUT2D eigenvalue weighted by molar-refractivity contribution is 0.0938. The normalized spacial score (nSPS) is 18.5. The molecule has 13 rings (SSSR count). The first-order valence-electron chi connectivity index (χ1n) is 27.2. The first-order valence-corrected chi connectivity index (χ1v) is 27.2. The number of rotatable bonds is 16. The molecule has 0 saturated heterocycles. The van der Waals surface area contributed by atoms with Crippen LogP contribution in [0.1, 0.15) is 169 Å². The monoisotopic (exact) mass is 1020 g/mol. The van der Waals surface area contributed by atoms with Crippen LogP contribution in [0.15, 0.2) is 98.1 Å². The topological polar surface area (TPSA) is 145 Å². The van der Waals surface area contributed by atoms with Crippen LogP contribution in [0.4, 0.5) is 0 Å². The zero-order chi connectivity index (χ0) is 51.3. The van der Waals surface area contributed by atoms with Gasteiger partial charge in [0.05, 0.1) is 48.4 Å². The molecule has 0 atom stereocenters. The van der Waals surface area contributed by atoms with Crippen molar-refractivity contribution in [3.8, 4) is 46.0 Å². The van der Waals surface area contributed by atoms with Gasteiger partial charge in [-0.25, -0.2) is 0 Å². The Labute approximate surface area is 442 Å². The predicted octanol–water partition coefficient (Wildman–Crippen LogP) is 11.6. The number of hydrogen-bond acceptors (Lipinski definition) is 12. The van der Waals surface area contributed by atoms with Crippen molar-refractivity contribution in [3.63, 3.8) is 0 Å². The molecule has 5 aliphatic rings. The average Bonchev–Trinajstić information content (AvgIpc) is 4.38. The number of benzene rings is 4. The lowest BCUT2D eigenvalue weighted by Crippen LogP contribution is -2.26. The molecule has 0 amide bonds. The van der Waals surface area contributed by atoms with Crippen LogP contribution in [0, 0.1) is 0 Å². The van der Waals surface area contributed by atoms with Gasteiger partial charge >= 0.3 is 0 Å². The fourth-order valence-electron chi connectivity index (χ4n) is 12.9. The third-order valence-corrected chi connectivity index (χ3v) is 16.0. The molecule has 1 aliphatic carbocycles. The summed E-state index contributed by atoms with van der Waals surface area (Å²) >= 11 is 0. The minimum absolute atomic E-state index is 0.0608. The van der Waals surface area contributed by atoms with Gasteiger partial charge in [-0.1, -0.05) is 53.4 Å². The van der Waals surface area contributed by atoms with Crippen molar-refractivity contribution in [3.05, 3.63) is 165 Å². The summed E-state index contributed by atoms with van der Waals surface area (Å²) in [4.78, 5) is 0. The molecule has 16 heteroatoms. The second-order valence-electron chi connectivity index (χ2n) is 20.6. The van der Waals surface area contributed by atoms with E-state index < -0.39 is 0 Å². The molecule has 392 valence electrons. The van der Waals surface area contributed by atoms with Crippen molar-refractivity contribution in [2.24, 2.45) is 0 Å². The van der Waals surface area contributed by atoms with E-state index in [4.69, 9.17) is 58.3 Å². The van der Waals surface area contributed by atoms with Crippen LogP contribution in [-0.2, 0) is 26.2 Å². The van der Waals surface area contributed by atoms with Crippen LogP contribution in [0.25, 0.3) is 0 Å². The zero-order valence-corrected chi connectivity index (χ0v) is 43.7. The molecule has 8 heterocycles. The molecule has 0 N–H and O–H groups in total. The number of ether oxygens (including phenoxy) is 8. The third-order valence-electron chi connectivity index (χ3n) is 16.0. The van der Waals surface area contributed by atoms with Crippen LogP contribution in [0.2, 0.25) is 0 Å². The molecule has 8 aromatic rings. The van der Waals surface area contributed by atoms with Crippen molar-refractivity contribution >= 4 is 0 Å². The van der Waals surface area contributed by atoms with Gasteiger partial charge in [0.25, 0.3) is 0 Å². The second-order valence-corrected chi connectivity index (χ2v) is 20.6. The summed E-state index contributed by atoms with van der Waals surface area (Å²) in [5.41, 5.74) is 12.3. The molecular weight excluding hydrogens is 961 g/mol. The van der Waals surface area contributed by atoms with Gasteiger partial charge in [0, 0.05) is 118 Å². The van der Waals surface area contributed by atoms with Crippen molar-refractivity contribution in [1.82, 2.24) is 39.1 Å². The van der Waals surface area contributed by atoms with Crippen LogP contribution in [0.3, 0.4) is 0 Å². The van der Waals surface area contributed by atoms with Crippen molar-refractivity contribution in [1.29, 1.82) is 0 Å².